The van der Waals surface area contributed by atoms with E-state index in [-0.39, 0.29) is 0 Å². The maximum absolute atomic E-state index is 5.59. The Morgan fingerprint density at radius 1 is 1.13 bits per heavy atom. The van der Waals surface area contributed by atoms with Crippen LogP contribution in [-0.2, 0) is 0 Å². The monoisotopic (exact) mass is 419 g/mol. The number of rotatable bonds is 7. The number of hydrogen-bond donors (Lipinski definition) is 2. The molecule has 0 spiro atoms. The lowest BCUT2D eigenvalue weighted by Crippen LogP contribution is -2.37. The van der Waals surface area contributed by atoms with E-state index in [4.69, 9.17) is 4.74 Å². The van der Waals surface area contributed by atoms with Crippen LogP contribution in [0.1, 0.15) is 55.2 Å². The Labute approximate surface area is 187 Å². The molecule has 0 radical (unpaired) electrons. The van der Waals surface area contributed by atoms with Gasteiger partial charge in [0.25, 0.3) is 0 Å². The lowest BCUT2D eigenvalue weighted by molar-refractivity contribution is 0.214. The van der Waals surface area contributed by atoms with Crippen molar-refractivity contribution in [2.45, 2.75) is 45.4 Å². The quantitative estimate of drug-likeness (QED) is 0.518. The standard InChI is InChI=1S/C27H37N3O/c1-18(2)26-23-16-21(20-10-13-30(14-11-20)15-12-28-4)8-9-24(23)29-27(26)22-7-6-19(3)25(17-22)31-5/h6-9,16-18,20,28-29H,10-15H2,1-5H3. The zero-order chi connectivity index (χ0) is 22.0. The van der Waals surface area contributed by atoms with E-state index in [0.29, 0.717) is 11.8 Å². The van der Waals surface area contributed by atoms with E-state index >= 15 is 0 Å². The van der Waals surface area contributed by atoms with Crippen LogP contribution in [0.15, 0.2) is 36.4 Å². The van der Waals surface area contributed by atoms with Crippen molar-refractivity contribution in [3.8, 4) is 17.0 Å². The number of methoxy groups -OCH3 is 1. The van der Waals surface area contributed by atoms with Gasteiger partial charge in [0.05, 0.1) is 12.8 Å². The number of H-pyrrole nitrogens is 1. The number of aryl methyl sites for hydroxylation is 1. The lowest BCUT2D eigenvalue weighted by atomic mass is 9.87. The van der Waals surface area contributed by atoms with Gasteiger partial charge in [0.1, 0.15) is 5.75 Å². The highest BCUT2D eigenvalue weighted by molar-refractivity contribution is 5.92. The number of nitrogens with one attached hydrogen (secondary N) is 2. The summed E-state index contributed by atoms with van der Waals surface area (Å²) in [5.41, 5.74) is 7.72. The van der Waals surface area contributed by atoms with E-state index in [1.54, 1.807) is 7.11 Å². The molecule has 0 atom stereocenters. The van der Waals surface area contributed by atoms with Crippen LogP contribution in [0.4, 0.5) is 0 Å². The first-order valence-electron chi connectivity index (χ1n) is 11.7. The van der Waals surface area contributed by atoms with E-state index in [0.717, 1.165) is 24.4 Å². The number of aromatic nitrogens is 1. The first-order valence-corrected chi connectivity index (χ1v) is 11.7. The van der Waals surface area contributed by atoms with Crippen LogP contribution in [0.2, 0.25) is 0 Å². The molecule has 1 aromatic heterocycles. The van der Waals surface area contributed by atoms with Gasteiger partial charge in [-0.05, 0) is 86.6 Å². The van der Waals surface area contributed by atoms with Crippen LogP contribution in [-0.4, -0.2) is 50.2 Å². The summed E-state index contributed by atoms with van der Waals surface area (Å²) < 4.78 is 5.59. The number of nitrogens with zero attached hydrogens (tertiary/aromatic N) is 1. The third-order valence-corrected chi connectivity index (χ3v) is 6.87. The zero-order valence-electron chi connectivity index (χ0n) is 19.7. The maximum atomic E-state index is 5.59. The first-order chi connectivity index (χ1) is 15.0. The van der Waals surface area contributed by atoms with E-state index in [1.165, 1.54) is 59.2 Å². The molecule has 2 N–H and O–H groups in total. The predicted octanol–water partition coefficient (Wildman–Crippen LogP) is 5.67. The summed E-state index contributed by atoms with van der Waals surface area (Å²) in [6.07, 6.45) is 2.50. The number of piperidine rings is 1. The van der Waals surface area contributed by atoms with E-state index in [1.807, 2.05) is 7.05 Å². The molecule has 0 saturated carbocycles. The highest BCUT2D eigenvalue weighted by Gasteiger charge is 2.22. The summed E-state index contributed by atoms with van der Waals surface area (Å²) in [6.45, 7) is 11.3. The average molecular weight is 420 g/mol. The summed E-state index contributed by atoms with van der Waals surface area (Å²) in [5, 5.41) is 4.64. The molecule has 1 saturated heterocycles. The molecular weight excluding hydrogens is 382 g/mol. The maximum Gasteiger partial charge on any atom is 0.122 e. The van der Waals surface area contributed by atoms with Crippen molar-refractivity contribution in [3.63, 3.8) is 0 Å². The van der Waals surface area contributed by atoms with Gasteiger partial charge in [-0.2, -0.15) is 0 Å². The number of likely N-dealkylation sites (tertiary alicyclic amines) is 1. The number of ether oxygens (including phenoxy) is 1. The second-order valence-corrected chi connectivity index (χ2v) is 9.28. The molecule has 2 aromatic carbocycles. The Bertz CT molecular complexity index is 1030. The Morgan fingerprint density at radius 3 is 2.58 bits per heavy atom. The Hall–Kier alpha value is -2.30. The van der Waals surface area contributed by atoms with Crippen molar-refractivity contribution in [2.24, 2.45) is 0 Å². The molecule has 166 valence electrons. The molecule has 1 aliphatic heterocycles. The number of hydrogen-bond acceptors (Lipinski definition) is 3. The summed E-state index contributed by atoms with van der Waals surface area (Å²) in [6, 6.07) is 13.6. The second kappa shape index (κ2) is 9.46. The molecule has 0 amide bonds. The van der Waals surface area contributed by atoms with Crippen LogP contribution >= 0.6 is 0 Å². The average Bonchev–Trinajstić information content (AvgIpc) is 3.17. The van der Waals surface area contributed by atoms with Crippen LogP contribution < -0.4 is 10.1 Å². The van der Waals surface area contributed by atoms with Crippen LogP contribution in [0.3, 0.4) is 0 Å². The number of benzene rings is 2. The topological polar surface area (TPSA) is 40.3 Å². The highest BCUT2D eigenvalue weighted by Crippen LogP contribution is 2.39. The fourth-order valence-electron chi connectivity index (χ4n) is 5.05. The van der Waals surface area contributed by atoms with E-state index in [9.17, 15) is 0 Å². The molecule has 4 heteroatoms. The SMILES string of the molecule is CNCCN1CCC(c2ccc3[nH]c(-c4ccc(C)c(OC)c4)c(C(C)C)c3c2)CC1. The lowest BCUT2D eigenvalue weighted by Gasteiger charge is -2.32. The molecule has 4 rings (SSSR count). The van der Waals surface area contributed by atoms with Gasteiger partial charge in [0, 0.05) is 29.6 Å². The minimum atomic E-state index is 0.440. The number of likely N-dealkylation sites (N-methyl/N-ethyl adjacent to an activating group) is 1. The molecule has 0 unspecified atom stereocenters. The van der Waals surface area contributed by atoms with Crippen molar-refractivity contribution in [1.29, 1.82) is 0 Å². The van der Waals surface area contributed by atoms with Gasteiger partial charge >= 0.3 is 0 Å². The van der Waals surface area contributed by atoms with Crippen molar-refractivity contribution >= 4 is 10.9 Å². The van der Waals surface area contributed by atoms with Gasteiger partial charge in [-0.15, -0.1) is 0 Å². The summed E-state index contributed by atoms with van der Waals surface area (Å²) in [7, 11) is 3.78. The van der Waals surface area contributed by atoms with Crippen LogP contribution in [0.25, 0.3) is 22.2 Å². The second-order valence-electron chi connectivity index (χ2n) is 9.28. The minimum absolute atomic E-state index is 0.440. The summed E-state index contributed by atoms with van der Waals surface area (Å²) in [5.74, 6) is 2.04. The molecule has 1 aliphatic rings. The zero-order valence-corrected chi connectivity index (χ0v) is 19.7. The summed E-state index contributed by atoms with van der Waals surface area (Å²) in [4.78, 5) is 6.31. The van der Waals surface area contributed by atoms with Gasteiger partial charge in [-0.1, -0.05) is 32.0 Å². The molecule has 1 fully saturated rings. The normalized spacial score (nSPS) is 15.8. The molecule has 4 nitrogen and oxygen atoms in total. The number of fused-ring (bicyclic) bond motifs is 1. The van der Waals surface area contributed by atoms with Crippen molar-refractivity contribution in [2.75, 3.05) is 40.3 Å². The van der Waals surface area contributed by atoms with Gasteiger partial charge < -0.3 is 19.9 Å². The molecule has 2 heterocycles. The van der Waals surface area contributed by atoms with Gasteiger partial charge in [0.2, 0.25) is 0 Å². The molecular formula is C27H37N3O. The first kappa shape index (κ1) is 21.9. The molecule has 0 bridgehead atoms. The van der Waals surface area contributed by atoms with Crippen LogP contribution in [0, 0.1) is 6.92 Å². The van der Waals surface area contributed by atoms with Crippen molar-refractivity contribution in [1.82, 2.24) is 15.2 Å². The third kappa shape index (κ3) is 4.51. The molecule has 31 heavy (non-hydrogen) atoms. The number of aromatic amines is 1. The Kier molecular flexibility index (Phi) is 6.68. The molecule has 3 aromatic rings. The smallest absolute Gasteiger partial charge is 0.122 e. The minimum Gasteiger partial charge on any atom is -0.496 e. The highest BCUT2D eigenvalue weighted by atomic mass is 16.5. The largest absolute Gasteiger partial charge is 0.496 e. The van der Waals surface area contributed by atoms with Gasteiger partial charge in [0.15, 0.2) is 0 Å². The fraction of sp³-hybridized carbons (Fsp3) is 0.481. The summed E-state index contributed by atoms with van der Waals surface area (Å²) >= 11 is 0. The fourth-order valence-corrected chi connectivity index (χ4v) is 5.05. The Balaban J connectivity index is 1.66. The third-order valence-electron chi connectivity index (χ3n) is 6.87. The predicted molar refractivity (Wildman–Crippen MR) is 131 cm³/mol. The van der Waals surface area contributed by atoms with Gasteiger partial charge in [-0.25, -0.2) is 0 Å². The van der Waals surface area contributed by atoms with Gasteiger partial charge in [-0.3, -0.25) is 0 Å². The van der Waals surface area contributed by atoms with E-state index in [2.05, 4.69) is 72.4 Å². The van der Waals surface area contributed by atoms with Crippen LogP contribution in [0.5, 0.6) is 5.75 Å². The van der Waals surface area contributed by atoms with Crippen molar-refractivity contribution in [3.05, 3.63) is 53.1 Å². The molecule has 0 aliphatic carbocycles. The Morgan fingerprint density at radius 2 is 1.90 bits per heavy atom. The van der Waals surface area contributed by atoms with Crippen molar-refractivity contribution < 1.29 is 4.74 Å². The van der Waals surface area contributed by atoms with E-state index < -0.39 is 0 Å².